The Labute approximate surface area is 100 Å². The number of anilines is 1. The van der Waals surface area contributed by atoms with Crippen LogP contribution < -0.4 is 5.32 Å². The largest absolute Gasteiger partial charge is 0.478 e. The van der Waals surface area contributed by atoms with Gasteiger partial charge in [0.15, 0.2) is 0 Å². The number of carboxylic acid groups (broad SMARTS) is 1. The molecule has 1 aromatic heterocycles. The lowest BCUT2D eigenvalue weighted by atomic mass is 10.1. The highest BCUT2D eigenvalue weighted by molar-refractivity contribution is 5.88. The zero-order valence-corrected chi connectivity index (χ0v) is 9.60. The van der Waals surface area contributed by atoms with Crippen molar-refractivity contribution in [1.29, 1.82) is 0 Å². The third-order valence-electron chi connectivity index (χ3n) is 3.58. The first-order valence-electron chi connectivity index (χ1n) is 6.20. The Morgan fingerprint density at radius 3 is 2.53 bits per heavy atom. The van der Waals surface area contributed by atoms with Crippen LogP contribution in [0.4, 0.5) is 5.82 Å². The molecule has 2 N–H and O–H groups in total. The van der Waals surface area contributed by atoms with Gasteiger partial charge in [-0.3, -0.25) is 0 Å². The molecule has 2 fully saturated rings. The van der Waals surface area contributed by atoms with Crippen LogP contribution in [0.25, 0.3) is 0 Å². The summed E-state index contributed by atoms with van der Waals surface area (Å²) in [6.45, 7) is 0. The van der Waals surface area contributed by atoms with E-state index < -0.39 is 5.97 Å². The molecule has 0 spiro atoms. The molecule has 2 aliphatic rings. The molecule has 4 heteroatoms. The second-order valence-electron chi connectivity index (χ2n) is 5.08. The molecule has 0 bridgehead atoms. The fourth-order valence-electron chi connectivity index (χ4n) is 2.34. The van der Waals surface area contributed by atoms with Gasteiger partial charge in [0, 0.05) is 12.2 Å². The van der Waals surface area contributed by atoms with Crippen molar-refractivity contribution >= 4 is 11.8 Å². The number of nitrogens with one attached hydrogen (secondary N) is 1. The van der Waals surface area contributed by atoms with E-state index in [0.717, 1.165) is 11.8 Å². The van der Waals surface area contributed by atoms with Crippen molar-refractivity contribution in [2.24, 2.45) is 11.8 Å². The van der Waals surface area contributed by atoms with E-state index >= 15 is 0 Å². The van der Waals surface area contributed by atoms with Crippen LogP contribution in [0, 0.1) is 11.8 Å². The molecule has 4 nitrogen and oxygen atoms in total. The standard InChI is InChI=1S/C13H16N2O2/c16-13(17)10-5-6-14-11(7-10)15-12(8-1-2-8)9-3-4-9/h5-9,12H,1-4H2,(H,14,15)(H,16,17). The zero-order chi connectivity index (χ0) is 11.8. The van der Waals surface area contributed by atoms with Crippen molar-refractivity contribution in [3.8, 4) is 0 Å². The molecule has 17 heavy (non-hydrogen) atoms. The van der Waals surface area contributed by atoms with Crippen LogP contribution in [0.15, 0.2) is 18.3 Å². The summed E-state index contributed by atoms with van der Waals surface area (Å²) in [7, 11) is 0. The number of hydrogen-bond donors (Lipinski definition) is 2. The quantitative estimate of drug-likeness (QED) is 0.818. The smallest absolute Gasteiger partial charge is 0.335 e. The molecule has 2 saturated carbocycles. The molecule has 3 rings (SSSR count). The molecule has 1 heterocycles. The minimum absolute atomic E-state index is 0.299. The van der Waals surface area contributed by atoms with Gasteiger partial charge in [0.25, 0.3) is 0 Å². The lowest BCUT2D eigenvalue weighted by molar-refractivity contribution is 0.0697. The Bertz CT molecular complexity index is 427. The minimum atomic E-state index is -0.898. The first-order valence-corrected chi connectivity index (χ1v) is 6.20. The van der Waals surface area contributed by atoms with Crippen molar-refractivity contribution < 1.29 is 9.90 Å². The number of carboxylic acids is 1. The van der Waals surface area contributed by atoms with Crippen LogP contribution in [0.1, 0.15) is 36.0 Å². The Balaban J connectivity index is 1.74. The monoisotopic (exact) mass is 232 g/mol. The Kier molecular flexibility index (Phi) is 2.50. The van der Waals surface area contributed by atoms with E-state index in [1.807, 2.05) is 0 Å². The fourth-order valence-corrected chi connectivity index (χ4v) is 2.34. The Morgan fingerprint density at radius 1 is 1.35 bits per heavy atom. The average molecular weight is 232 g/mol. The number of aromatic carboxylic acids is 1. The van der Waals surface area contributed by atoms with E-state index in [1.54, 1.807) is 12.3 Å². The summed E-state index contributed by atoms with van der Waals surface area (Å²) < 4.78 is 0. The van der Waals surface area contributed by atoms with Crippen molar-refractivity contribution in [3.05, 3.63) is 23.9 Å². The molecule has 0 radical (unpaired) electrons. The van der Waals surface area contributed by atoms with Crippen molar-refractivity contribution in [1.82, 2.24) is 4.98 Å². The van der Waals surface area contributed by atoms with E-state index in [-0.39, 0.29) is 0 Å². The topological polar surface area (TPSA) is 62.2 Å². The van der Waals surface area contributed by atoms with Gasteiger partial charge in [-0.1, -0.05) is 0 Å². The second kappa shape index (κ2) is 4.02. The molecule has 0 atom stereocenters. The van der Waals surface area contributed by atoms with E-state index in [1.165, 1.54) is 31.7 Å². The van der Waals surface area contributed by atoms with Crippen molar-refractivity contribution in [2.45, 2.75) is 31.7 Å². The van der Waals surface area contributed by atoms with Gasteiger partial charge in [-0.25, -0.2) is 9.78 Å². The molecule has 2 aliphatic carbocycles. The predicted molar refractivity (Wildman–Crippen MR) is 64.1 cm³/mol. The highest BCUT2D eigenvalue weighted by atomic mass is 16.4. The molecule has 0 aromatic carbocycles. The first kappa shape index (κ1) is 10.6. The summed E-state index contributed by atoms with van der Waals surface area (Å²) in [5.74, 6) is 1.36. The Morgan fingerprint density at radius 2 is 2.00 bits per heavy atom. The zero-order valence-electron chi connectivity index (χ0n) is 9.60. The minimum Gasteiger partial charge on any atom is -0.478 e. The number of pyridine rings is 1. The number of aromatic nitrogens is 1. The molecule has 0 aliphatic heterocycles. The van der Waals surface area contributed by atoms with Crippen LogP contribution in [-0.4, -0.2) is 22.1 Å². The number of rotatable bonds is 5. The summed E-state index contributed by atoms with van der Waals surface area (Å²) >= 11 is 0. The lowest BCUT2D eigenvalue weighted by Crippen LogP contribution is -2.24. The lowest BCUT2D eigenvalue weighted by Gasteiger charge is -2.18. The van der Waals surface area contributed by atoms with Gasteiger partial charge < -0.3 is 10.4 Å². The van der Waals surface area contributed by atoms with Crippen molar-refractivity contribution in [2.75, 3.05) is 5.32 Å². The van der Waals surface area contributed by atoms with Gasteiger partial charge in [0.1, 0.15) is 5.82 Å². The summed E-state index contributed by atoms with van der Waals surface area (Å²) in [5, 5.41) is 12.4. The number of carbonyl (C=O) groups is 1. The van der Waals surface area contributed by atoms with E-state index in [0.29, 0.717) is 17.4 Å². The molecule has 0 unspecified atom stereocenters. The predicted octanol–water partition coefficient (Wildman–Crippen LogP) is 2.38. The highest BCUT2D eigenvalue weighted by Crippen LogP contribution is 2.45. The maximum absolute atomic E-state index is 10.9. The van der Waals surface area contributed by atoms with E-state index in [4.69, 9.17) is 5.11 Å². The van der Waals surface area contributed by atoms with Gasteiger partial charge in [-0.15, -0.1) is 0 Å². The number of nitrogens with zero attached hydrogens (tertiary/aromatic N) is 1. The third kappa shape index (κ3) is 2.40. The van der Waals surface area contributed by atoms with Crippen LogP contribution in [0.2, 0.25) is 0 Å². The highest BCUT2D eigenvalue weighted by Gasteiger charge is 2.41. The molecule has 90 valence electrons. The van der Waals surface area contributed by atoms with Gasteiger partial charge in [0.05, 0.1) is 5.56 Å². The maximum atomic E-state index is 10.9. The second-order valence-corrected chi connectivity index (χ2v) is 5.08. The average Bonchev–Trinajstić information content (AvgIpc) is 3.16. The molecular weight excluding hydrogens is 216 g/mol. The molecule has 1 aromatic rings. The normalized spacial score (nSPS) is 19.4. The van der Waals surface area contributed by atoms with Gasteiger partial charge in [-0.05, 0) is 49.7 Å². The van der Waals surface area contributed by atoms with E-state index in [2.05, 4.69) is 10.3 Å². The van der Waals surface area contributed by atoms with Crippen LogP contribution >= 0.6 is 0 Å². The SMILES string of the molecule is O=C(O)c1ccnc(NC(C2CC2)C2CC2)c1. The fraction of sp³-hybridized carbons (Fsp3) is 0.538. The maximum Gasteiger partial charge on any atom is 0.335 e. The van der Waals surface area contributed by atoms with Gasteiger partial charge >= 0.3 is 5.97 Å². The summed E-state index contributed by atoms with van der Waals surface area (Å²) in [5.41, 5.74) is 0.299. The van der Waals surface area contributed by atoms with E-state index in [9.17, 15) is 4.79 Å². The number of hydrogen-bond acceptors (Lipinski definition) is 3. The molecule has 0 saturated heterocycles. The van der Waals surface area contributed by atoms with Gasteiger partial charge in [-0.2, -0.15) is 0 Å². The Hall–Kier alpha value is -1.58. The summed E-state index contributed by atoms with van der Waals surface area (Å²) in [4.78, 5) is 15.1. The summed E-state index contributed by atoms with van der Waals surface area (Å²) in [6.07, 6.45) is 6.75. The summed E-state index contributed by atoms with van der Waals surface area (Å²) in [6, 6.07) is 3.66. The first-order chi connectivity index (χ1) is 8.24. The van der Waals surface area contributed by atoms with Crippen molar-refractivity contribution in [3.63, 3.8) is 0 Å². The van der Waals surface area contributed by atoms with Crippen LogP contribution in [0.3, 0.4) is 0 Å². The van der Waals surface area contributed by atoms with Gasteiger partial charge in [0.2, 0.25) is 0 Å². The van der Waals surface area contributed by atoms with Crippen LogP contribution in [0.5, 0.6) is 0 Å². The van der Waals surface area contributed by atoms with Crippen LogP contribution in [-0.2, 0) is 0 Å². The molecular formula is C13H16N2O2. The third-order valence-corrected chi connectivity index (χ3v) is 3.58. The molecule has 0 amide bonds.